The molecule has 10 heteroatoms. The summed E-state index contributed by atoms with van der Waals surface area (Å²) in [5, 5.41) is 20.5. The number of aliphatic carboxylic acids is 2. The Morgan fingerprint density at radius 2 is 1.88 bits per heavy atom. The predicted octanol–water partition coefficient (Wildman–Crippen LogP) is -1.18. The Morgan fingerprint density at radius 1 is 1.27 bits per heavy atom. The monoisotopic (exact) mass is 371 g/mol. The summed E-state index contributed by atoms with van der Waals surface area (Å²) in [7, 11) is 0. The quantitative estimate of drug-likeness (QED) is 0.372. The van der Waals surface area contributed by atoms with Gasteiger partial charge in [0, 0.05) is 25.3 Å². The second kappa shape index (κ2) is 9.27. The Balaban J connectivity index is 2.91. The molecule has 0 aliphatic carbocycles. The van der Waals surface area contributed by atoms with Gasteiger partial charge in [0.1, 0.15) is 6.04 Å². The summed E-state index contributed by atoms with van der Waals surface area (Å²) in [5.74, 6) is -4.98. The normalized spacial score (nSPS) is 19.3. The minimum Gasteiger partial charge on any atom is -0.481 e. The van der Waals surface area contributed by atoms with Crippen LogP contribution in [0.1, 0.15) is 33.1 Å². The second-order valence-corrected chi connectivity index (χ2v) is 6.63. The lowest BCUT2D eigenvalue weighted by Crippen LogP contribution is -2.48. The van der Waals surface area contributed by atoms with E-state index in [1.165, 1.54) is 0 Å². The third-order valence-electron chi connectivity index (χ3n) is 4.29. The number of nitrogens with two attached hydrogens (primary N) is 1. The highest BCUT2D eigenvalue weighted by molar-refractivity contribution is 5.96. The molecule has 1 heterocycles. The molecule has 26 heavy (non-hydrogen) atoms. The lowest BCUT2D eigenvalue weighted by molar-refractivity contribution is -0.150. The molecule has 0 saturated carbocycles. The zero-order valence-electron chi connectivity index (χ0n) is 14.8. The summed E-state index contributed by atoms with van der Waals surface area (Å²) in [6.45, 7) is 2.90. The number of carboxylic acids is 2. The lowest BCUT2D eigenvalue weighted by Gasteiger charge is -2.28. The van der Waals surface area contributed by atoms with Crippen LogP contribution >= 0.6 is 0 Å². The number of hydrogen-bond donors (Lipinski definition) is 4. The van der Waals surface area contributed by atoms with Crippen LogP contribution in [0.3, 0.4) is 0 Å². The second-order valence-electron chi connectivity index (χ2n) is 6.63. The topological polar surface area (TPSA) is 167 Å². The predicted molar refractivity (Wildman–Crippen MR) is 88.9 cm³/mol. The molecule has 0 radical (unpaired) electrons. The maximum atomic E-state index is 12.7. The van der Waals surface area contributed by atoms with E-state index in [1.54, 1.807) is 13.8 Å². The summed E-state index contributed by atoms with van der Waals surface area (Å²) in [4.78, 5) is 59.8. The van der Waals surface area contributed by atoms with Crippen LogP contribution in [0.15, 0.2) is 0 Å². The first-order valence-electron chi connectivity index (χ1n) is 8.35. The molecular weight excluding hydrogens is 346 g/mol. The van der Waals surface area contributed by atoms with E-state index in [0.717, 1.165) is 4.90 Å². The molecule has 2 amide bonds. The van der Waals surface area contributed by atoms with E-state index >= 15 is 0 Å². The molecule has 1 fully saturated rings. The highest BCUT2D eigenvalue weighted by Crippen LogP contribution is 2.26. The van der Waals surface area contributed by atoms with Gasteiger partial charge in [-0.05, 0) is 12.3 Å². The van der Waals surface area contributed by atoms with Gasteiger partial charge in [-0.15, -0.1) is 0 Å². The van der Waals surface area contributed by atoms with Gasteiger partial charge in [-0.3, -0.25) is 19.2 Å². The van der Waals surface area contributed by atoms with Crippen LogP contribution in [0.25, 0.3) is 0 Å². The molecule has 3 atom stereocenters. The summed E-state index contributed by atoms with van der Waals surface area (Å²) in [6.07, 6.45) is -0.635. The first kappa shape index (κ1) is 21.6. The Morgan fingerprint density at radius 3 is 2.35 bits per heavy atom. The Bertz CT molecular complexity index is 590. The van der Waals surface area contributed by atoms with Crippen molar-refractivity contribution in [1.82, 2.24) is 10.2 Å². The number of rotatable bonds is 10. The zero-order chi connectivity index (χ0) is 20.0. The number of hydrogen-bond acceptors (Lipinski definition) is 6. The molecule has 5 N–H and O–H groups in total. The third kappa shape index (κ3) is 5.51. The summed E-state index contributed by atoms with van der Waals surface area (Å²) in [5.41, 5.74) is 5.21. The van der Waals surface area contributed by atoms with Crippen molar-refractivity contribution in [3.05, 3.63) is 0 Å². The van der Waals surface area contributed by atoms with Gasteiger partial charge in [-0.2, -0.15) is 0 Å². The van der Waals surface area contributed by atoms with Crippen molar-refractivity contribution in [1.29, 1.82) is 0 Å². The molecule has 0 unspecified atom stereocenters. The van der Waals surface area contributed by atoms with Crippen LogP contribution < -0.4 is 11.1 Å². The van der Waals surface area contributed by atoms with Crippen LogP contribution in [0.2, 0.25) is 0 Å². The number of Topliss-reactive ketones (excluding diaryl/α,β-unsaturated/α-hetero) is 1. The van der Waals surface area contributed by atoms with E-state index in [4.69, 9.17) is 10.8 Å². The van der Waals surface area contributed by atoms with E-state index in [0.29, 0.717) is 0 Å². The number of ketones is 1. The number of nitrogens with zero attached hydrogens (tertiary/aromatic N) is 1. The molecule has 1 aliphatic rings. The molecular formula is C16H25N3O7. The standard InChI is InChI=1S/C16H25N3O7/c1-8(2)14(16(25)26)19-7-9(5-12(19)21)15(24)10(3-4-13(22)23)18-11(20)6-17/h8-10,14H,3-7,17H2,1-2H3,(H,18,20)(H,22,23)(H,25,26)/t9-,10-,14-/m0/s1. The van der Waals surface area contributed by atoms with Crippen molar-refractivity contribution in [2.45, 2.75) is 45.2 Å². The molecule has 146 valence electrons. The molecule has 10 nitrogen and oxygen atoms in total. The molecule has 0 spiro atoms. The third-order valence-corrected chi connectivity index (χ3v) is 4.29. The SMILES string of the molecule is CC(C)[C@@H](C(=O)O)N1C[C@@H](C(=O)[C@H](CCC(=O)O)NC(=O)CN)CC1=O. The molecule has 0 aromatic carbocycles. The first-order chi connectivity index (χ1) is 12.1. The first-order valence-corrected chi connectivity index (χ1v) is 8.35. The van der Waals surface area contributed by atoms with Crippen molar-refractivity contribution in [2.75, 3.05) is 13.1 Å². The van der Waals surface area contributed by atoms with Gasteiger partial charge in [0.05, 0.1) is 12.6 Å². The Kier molecular flexibility index (Phi) is 7.69. The number of likely N-dealkylation sites (tertiary alicyclic amines) is 1. The maximum Gasteiger partial charge on any atom is 0.326 e. The van der Waals surface area contributed by atoms with E-state index in [-0.39, 0.29) is 38.3 Å². The van der Waals surface area contributed by atoms with Crippen molar-refractivity contribution in [3.63, 3.8) is 0 Å². The number of carbonyl (C=O) groups is 5. The van der Waals surface area contributed by atoms with Crippen molar-refractivity contribution >= 4 is 29.5 Å². The van der Waals surface area contributed by atoms with Gasteiger partial charge < -0.3 is 26.2 Å². The van der Waals surface area contributed by atoms with Gasteiger partial charge >= 0.3 is 11.9 Å². The highest BCUT2D eigenvalue weighted by Gasteiger charge is 2.43. The molecule has 0 aromatic heterocycles. The van der Waals surface area contributed by atoms with Crippen LogP contribution in [-0.2, 0) is 24.0 Å². The van der Waals surface area contributed by atoms with E-state index in [1.807, 2.05) is 0 Å². The zero-order valence-corrected chi connectivity index (χ0v) is 14.8. The van der Waals surface area contributed by atoms with Crippen molar-refractivity contribution in [3.8, 4) is 0 Å². The highest BCUT2D eigenvalue weighted by atomic mass is 16.4. The minimum atomic E-state index is -1.15. The van der Waals surface area contributed by atoms with Crippen LogP contribution in [0.5, 0.6) is 0 Å². The number of nitrogens with one attached hydrogen (secondary N) is 1. The molecule has 1 rings (SSSR count). The van der Waals surface area contributed by atoms with Gasteiger partial charge in [0.2, 0.25) is 11.8 Å². The Hall–Kier alpha value is -2.49. The average molecular weight is 371 g/mol. The van der Waals surface area contributed by atoms with Crippen LogP contribution in [0, 0.1) is 11.8 Å². The minimum absolute atomic E-state index is 0.0745. The average Bonchev–Trinajstić information content (AvgIpc) is 2.91. The Labute approximate surface area is 150 Å². The van der Waals surface area contributed by atoms with Gasteiger partial charge in [0.25, 0.3) is 0 Å². The summed E-state index contributed by atoms with van der Waals surface area (Å²) < 4.78 is 0. The largest absolute Gasteiger partial charge is 0.481 e. The van der Waals surface area contributed by atoms with Crippen molar-refractivity contribution < 1.29 is 34.2 Å². The fourth-order valence-corrected chi connectivity index (χ4v) is 3.06. The lowest BCUT2D eigenvalue weighted by atomic mass is 9.94. The molecule has 0 aromatic rings. The fraction of sp³-hybridized carbons (Fsp3) is 0.688. The summed E-state index contributed by atoms with van der Waals surface area (Å²) >= 11 is 0. The number of amides is 2. The van der Waals surface area contributed by atoms with Crippen LogP contribution in [0.4, 0.5) is 0 Å². The molecule has 0 bridgehead atoms. The van der Waals surface area contributed by atoms with Gasteiger partial charge in [0.15, 0.2) is 5.78 Å². The van der Waals surface area contributed by atoms with Gasteiger partial charge in [-0.1, -0.05) is 13.8 Å². The van der Waals surface area contributed by atoms with E-state index < -0.39 is 47.5 Å². The van der Waals surface area contributed by atoms with Crippen LogP contribution in [-0.4, -0.2) is 69.8 Å². The number of carbonyl (C=O) groups excluding carboxylic acids is 3. The van der Waals surface area contributed by atoms with Gasteiger partial charge in [-0.25, -0.2) is 4.79 Å². The van der Waals surface area contributed by atoms with E-state index in [2.05, 4.69) is 5.32 Å². The molecule has 1 saturated heterocycles. The molecule has 1 aliphatic heterocycles. The summed E-state index contributed by atoms with van der Waals surface area (Å²) in [6, 6.07) is -2.13. The maximum absolute atomic E-state index is 12.7. The number of carboxylic acid groups (broad SMARTS) is 2. The smallest absolute Gasteiger partial charge is 0.326 e. The fourth-order valence-electron chi connectivity index (χ4n) is 3.06. The van der Waals surface area contributed by atoms with E-state index in [9.17, 15) is 29.1 Å². The van der Waals surface area contributed by atoms with Crippen molar-refractivity contribution in [2.24, 2.45) is 17.6 Å².